The fourth-order valence-corrected chi connectivity index (χ4v) is 7.19. The normalized spacial score (nSPS) is 32.5. The summed E-state index contributed by atoms with van der Waals surface area (Å²) in [5.41, 5.74) is 3.13. The lowest BCUT2D eigenvalue weighted by Gasteiger charge is -2.44. The predicted octanol–water partition coefficient (Wildman–Crippen LogP) is 5.20. The molecule has 0 radical (unpaired) electrons. The zero-order chi connectivity index (χ0) is 20.0. The maximum atomic E-state index is 12.7. The Morgan fingerprint density at radius 3 is 2.59 bits per heavy atom. The highest BCUT2D eigenvalue weighted by atomic mass is 16.2. The zero-order valence-corrected chi connectivity index (χ0v) is 18.2. The van der Waals surface area contributed by atoms with Gasteiger partial charge in [0.15, 0.2) is 0 Å². The Kier molecular flexibility index (Phi) is 5.09. The van der Waals surface area contributed by atoms with Crippen LogP contribution in [0.3, 0.4) is 0 Å². The number of fused-ring (bicyclic) bond motifs is 4. The second kappa shape index (κ2) is 7.61. The number of piperidine rings is 1. The summed E-state index contributed by atoms with van der Waals surface area (Å²) in [5, 5.41) is 3.37. The van der Waals surface area contributed by atoms with E-state index in [1.165, 1.54) is 62.7 Å². The van der Waals surface area contributed by atoms with Crippen molar-refractivity contribution in [2.24, 2.45) is 11.8 Å². The second-order valence-corrected chi connectivity index (χ2v) is 10.0. The number of nitrogens with one attached hydrogen (secondary N) is 1. The molecule has 3 fully saturated rings. The standard InChI is InChI=1S/C25H37N3O.2H2/c1-3-27(4-2)24(29)26-22-17-25(21-8-6-5-7-20(21)22)11-13-28(14-12-25)23-16-18-9-10-19(23)15-18;;/h5-8,18-19,22-23H,3-4,9-17H2,1-2H3,(H,26,29);2*1H/t18?,19-,22+,23?;;/m1../s1. The number of benzene rings is 1. The van der Waals surface area contributed by atoms with Gasteiger partial charge in [0.1, 0.15) is 0 Å². The molecular formula is C25H41N3O. The molecule has 1 saturated heterocycles. The first kappa shape index (κ1) is 19.4. The van der Waals surface area contributed by atoms with Gasteiger partial charge < -0.3 is 15.1 Å². The van der Waals surface area contributed by atoms with Crippen LogP contribution in [0.5, 0.6) is 0 Å². The lowest BCUT2D eigenvalue weighted by Crippen LogP contribution is -2.48. The summed E-state index contributed by atoms with van der Waals surface area (Å²) in [6.07, 6.45) is 9.47. The van der Waals surface area contributed by atoms with Gasteiger partial charge in [-0.15, -0.1) is 0 Å². The summed E-state index contributed by atoms with van der Waals surface area (Å²) in [6, 6.07) is 10.0. The van der Waals surface area contributed by atoms with Gasteiger partial charge in [-0.1, -0.05) is 30.7 Å². The van der Waals surface area contributed by atoms with E-state index in [2.05, 4.69) is 48.3 Å². The lowest BCUT2D eigenvalue weighted by atomic mass is 9.73. The molecule has 2 bridgehead atoms. The summed E-state index contributed by atoms with van der Waals surface area (Å²) in [5.74, 6) is 2.00. The van der Waals surface area contributed by atoms with Gasteiger partial charge in [-0.05, 0) is 88.4 Å². The highest BCUT2D eigenvalue weighted by Crippen LogP contribution is 2.53. The molecule has 4 aliphatic rings. The second-order valence-electron chi connectivity index (χ2n) is 10.0. The van der Waals surface area contributed by atoms with Crippen molar-refractivity contribution in [3.8, 4) is 0 Å². The topological polar surface area (TPSA) is 35.6 Å². The van der Waals surface area contributed by atoms with Gasteiger partial charge in [0.05, 0.1) is 6.04 Å². The van der Waals surface area contributed by atoms with Crippen molar-refractivity contribution in [3.63, 3.8) is 0 Å². The quantitative estimate of drug-likeness (QED) is 0.755. The summed E-state index contributed by atoms with van der Waals surface area (Å²) < 4.78 is 0. The molecule has 1 spiro atoms. The first-order chi connectivity index (χ1) is 14.1. The van der Waals surface area contributed by atoms with Gasteiger partial charge in [-0.2, -0.15) is 0 Å². The molecule has 1 aliphatic heterocycles. The van der Waals surface area contributed by atoms with E-state index < -0.39 is 0 Å². The number of carbonyl (C=O) groups is 1. The number of hydrogen-bond acceptors (Lipinski definition) is 2. The third-order valence-corrected chi connectivity index (χ3v) is 8.78. The number of rotatable bonds is 4. The molecule has 5 rings (SSSR count). The van der Waals surface area contributed by atoms with Crippen LogP contribution in [0.4, 0.5) is 4.79 Å². The highest BCUT2D eigenvalue weighted by Gasteiger charge is 2.49. The summed E-state index contributed by atoms with van der Waals surface area (Å²) in [4.78, 5) is 17.5. The molecule has 1 heterocycles. The molecule has 1 aromatic carbocycles. The van der Waals surface area contributed by atoms with E-state index in [1.54, 1.807) is 0 Å². The van der Waals surface area contributed by atoms with Crippen LogP contribution in [0.15, 0.2) is 24.3 Å². The molecule has 4 nitrogen and oxygen atoms in total. The van der Waals surface area contributed by atoms with Crippen molar-refractivity contribution in [1.29, 1.82) is 0 Å². The van der Waals surface area contributed by atoms with E-state index in [1.807, 2.05) is 4.90 Å². The van der Waals surface area contributed by atoms with E-state index in [9.17, 15) is 4.79 Å². The van der Waals surface area contributed by atoms with Crippen molar-refractivity contribution in [3.05, 3.63) is 35.4 Å². The van der Waals surface area contributed by atoms with Crippen LogP contribution in [0.25, 0.3) is 0 Å². The van der Waals surface area contributed by atoms with Gasteiger partial charge in [-0.25, -0.2) is 4.79 Å². The number of urea groups is 1. The smallest absolute Gasteiger partial charge is 0.317 e. The molecule has 2 amide bonds. The van der Waals surface area contributed by atoms with Gasteiger partial charge in [0, 0.05) is 27.4 Å². The fourth-order valence-electron chi connectivity index (χ4n) is 7.19. The van der Waals surface area contributed by atoms with Crippen molar-refractivity contribution in [1.82, 2.24) is 15.1 Å². The molecule has 1 aromatic rings. The van der Waals surface area contributed by atoms with Crippen molar-refractivity contribution < 1.29 is 7.65 Å². The predicted molar refractivity (Wildman–Crippen MR) is 121 cm³/mol. The van der Waals surface area contributed by atoms with Gasteiger partial charge in [-0.3, -0.25) is 0 Å². The number of amides is 2. The van der Waals surface area contributed by atoms with Crippen LogP contribution in [0.2, 0.25) is 0 Å². The summed E-state index contributed by atoms with van der Waals surface area (Å²) in [6.45, 7) is 8.11. The first-order valence-electron chi connectivity index (χ1n) is 12.0. The highest BCUT2D eigenvalue weighted by molar-refractivity contribution is 5.75. The molecule has 1 N–H and O–H groups in total. The van der Waals surface area contributed by atoms with Crippen LogP contribution >= 0.6 is 0 Å². The Labute approximate surface area is 179 Å². The largest absolute Gasteiger partial charge is 0.331 e. The molecule has 162 valence electrons. The molecule has 29 heavy (non-hydrogen) atoms. The van der Waals surface area contributed by atoms with Crippen molar-refractivity contribution >= 4 is 6.03 Å². The average Bonchev–Trinajstić information content (AvgIpc) is 3.45. The maximum Gasteiger partial charge on any atom is 0.317 e. The van der Waals surface area contributed by atoms with Crippen molar-refractivity contribution in [2.45, 2.75) is 76.3 Å². The van der Waals surface area contributed by atoms with Crippen LogP contribution in [0, 0.1) is 11.8 Å². The molecule has 0 aromatic heterocycles. The van der Waals surface area contributed by atoms with Gasteiger partial charge in [0.25, 0.3) is 0 Å². The Balaban J connectivity index is 0.00000136. The maximum absolute atomic E-state index is 12.7. The van der Waals surface area contributed by atoms with Crippen LogP contribution < -0.4 is 5.32 Å². The zero-order valence-electron chi connectivity index (χ0n) is 18.2. The molecule has 3 aliphatic carbocycles. The van der Waals surface area contributed by atoms with E-state index in [-0.39, 0.29) is 20.3 Å². The monoisotopic (exact) mass is 399 g/mol. The van der Waals surface area contributed by atoms with E-state index in [4.69, 9.17) is 0 Å². The fraction of sp³-hybridized carbons (Fsp3) is 0.720. The number of hydrogen-bond donors (Lipinski definition) is 1. The number of nitrogens with zero attached hydrogens (tertiary/aromatic N) is 2. The minimum absolute atomic E-state index is 0. The van der Waals surface area contributed by atoms with Crippen LogP contribution in [0.1, 0.15) is 78.8 Å². The van der Waals surface area contributed by atoms with E-state index in [0.29, 0.717) is 0 Å². The third kappa shape index (κ3) is 3.28. The number of carbonyl (C=O) groups excluding carboxylic acids is 1. The summed E-state index contributed by atoms with van der Waals surface area (Å²) in [7, 11) is 0. The average molecular weight is 400 g/mol. The van der Waals surface area contributed by atoms with E-state index in [0.717, 1.165) is 37.4 Å². The van der Waals surface area contributed by atoms with Crippen LogP contribution in [-0.4, -0.2) is 48.1 Å². The molecule has 4 heteroatoms. The van der Waals surface area contributed by atoms with Crippen LogP contribution in [-0.2, 0) is 5.41 Å². The lowest BCUT2D eigenvalue weighted by molar-refractivity contribution is 0.0811. The van der Waals surface area contributed by atoms with Gasteiger partial charge in [0.2, 0.25) is 0 Å². The first-order valence-corrected chi connectivity index (χ1v) is 12.0. The third-order valence-electron chi connectivity index (χ3n) is 8.78. The van der Waals surface area contributed by atoms with Gasteiger partial charge >= 0.3 is 6.03 Å². The van der Waals surface area contributed by atoms with Crippen molar-refractivity contribution in [2.75, 3.05) is 26.2 Å². The Hall–Kier alpha value is -1.55. The number of likely N-dealkylation sites (tertiary alicyclic amines) is 1. The molecule has 4 atom stereocenters. The summed E-state index contributed by atoms with van der Waals surface area (Å²) >= 11 is 0. The minimum Gasteiger partial charge on any atom is -0.331 e. The molecule has 2 saturated carbocycles. The Morgan fingerprint density at radius 2 is 1.93 bits per heavy atom. The Bertz CT molecular complexity index is 761. The SMILES string of the molecule is CCN(CC)C(=O)N[C@H]1CC2(CCN(C3CC4CC[C@@H]3C4)CC2)c2ccccc21.[HH].[HH]. The molecular weight excluding hydrogens is 358 g/mol. The van der Waals surface area contributed by atoms with E-state index >= 15 is 0 Å². The molecule has 2 unspecified atom stereocenters. The minimum atomic E-state index is 0. The Morgan fingerprint density at radius 1 is 1.17 bits per heavy atom.